The predicted octanol–water partition coefficient (Wildman–Crippen LogP) is 3.33. The van der Waals surface area contributed by atoms with Crippen molar-refractivity contribution >= 4 is 34.9 Å². The molecule has 0 radical (unpaired) electrons. The first-order valence-corrected chi connectivity index (χ1v) is 12.2. The fraction of sp³-hybridized carbons (Fsp3) is 0.407. The van der Waals surface area contributed by atoms with E-state index >= 15 is 0 Å². The molecule has 9 heteroatoms. The number of amides is 3. The van der Waals surface area contributed by atoms with Crippen LogP contribution in [0.3, 0.4) is 0 Å². The number of hydrogen-bond acceptors (Lipinski definition) is 5. The third-order valence-electron chi connectivity index (χ3n) is 7.31. The standard InChI is InChI=1S/C27H28FN3O5/c1-15-3-5-20(13-21(15)28)31-14-19(12-24(31)32)27(35)30-9-7-17(8-10-30)25(33)18-4-6-23-22(11-18)29-26(34)16(2)36-23/h3-6,11,13,16-17,19H,7-10,12,14H2,1-2H3,(H,29,34). The van der Waals surface area contributed by atoms with Gasteiger partial charge in [0, 0.05) is 43.2 Å². The van der Waals surface area contributed by atoms with Crippen LogP contribution in [0.5, 0.6) is 5.75 Å². The molecule has 0 aromatic heterocycles. The lowest BCUT2D eigenvalue weighted by Crippen LogP contribution is -2.43. The summed E-state index contributed by atoms with van der Waals surface area (Å²) in [6.45, 7) is 4.40. The van der Waals surface area contributed by atoms with E-state index in [2.05, 4.69) is 5.32 Å². The van der Waals surface area contributed by atoms with Crippen LogP contribution in [0.2, 0.25) is 0 Å². The number of anilines is 2. The van der Waals surface area contributed by atoms with Gasteiger partial charge in [-0.05, 0) is 62.6 Å². The molecule has 3 aliphatic heterocycles. The zero-order valence-corrected chi connectivity index (χ0v) is 20.3. The van der Waals surface area contributed by atoms with Crippen molar-refractivity contribution in [1.29, 1.82) is 0 Å². The normalized spacial score (nSPS) is 22.2. The molecular formula is C27H28FN3O5. The van der Waals surface area contributed by atoms with E-state index in [1.54, 1.807) is 49.1 Å². The molecule has 0 spiro atoms. The highest BCUT2D eigenvalue weighted by atomic mass is 19.1. The minimum absolute atomic E-state index is 0.0265. The molecule has 3 aliphatic rings. The van der Waals surface area contributed by atoms with Crippen LogP contribution in [0.25, 0.3) is 0 Å². The van der Waals surface area contributed by atoms with E-state index in [9.17, 15) is 23.6 Å². The average molecular weight is 494 g/mol. The Balaban J connectivity index is 1.19. The Morgan fingerprint density at radius 2 is 1.81 bits per heavy atom. The Labute approximate surface area is 208 Å². The van der Waals surface area contributed by atoms with Gasteiger partial charge >= 0.3 is 0 Å². The van der Waals surface area contributed by atoms with Gasteiger partial charge in [-0.1, -0.05) is 6.07 Å². The fourth-order valence-electron chi connectivity index (χ4n) is 5.09. The number of benzene rings is 2. The molecule has 0 aliphatic carbocycles. The van der Waals surface area contributed by atoms with Crippen molar-refractivity contribution in [3.05, 3.63) is 53.3 Å². The maximum atomic E-state index is 14.0. The Bertz CT molecular complexity index is 1250. The summed E-state index contributed by atoms with van der Waals surface area (Å²) in [4.78, 5) is 53.9. The summed E-state index contributed by atoms with van der Waals surface area (Å²) >= 11 is 0. The summed E-state index contributed by atoms with van der Waals surface area (Å²) in [7, 11) is 0. The number of hydrogen-bond donors (Lipinski definition) is 1. The summed E-state index contributed by atoms with van der Waals surface area (Å²) in [5, 5.41) is 2.76. The number of aryl methyl sites for hydroxylation is 1. The topological polar surface area (TPSA) is 96.0 Å². The molecule has 8 nitrogen and oxygen atoms in total. The highest BCUT2D eigenvalue weighted by molar-refractivity contribution is 6.03. The Hall–Kier alpha value is -3.75. The maximum Gasteiger partial charge on any atom is 0.265 e. The van der Waals surface area contributed by atoms with E-state index in [0.29, 0.717) is 54.2 Å². The molecule has 36 heavy (non-hydrogen) atoms. The largest absolute Gasteiger partial charge is 0.479 e. The molecule has 188 valence electrons. The van der Waals surface area contributed by atoms with Crippen LogP contribution < -0.4 is 15.0 Å². The predicted molar refractivity (Wildman–Crippen MR) is 130 cm³/mol. The Morgan fingerprint density at radius 3 is 2.53 bits per heavy atom. The quantitative estimate of drug-likeness (QED) is 0.660. The molecule has 1 N–H and O–H groups in total. The monoisotopic (exact) mass is 493 g/mol. The van der Waals surface area contributed by atoms with Gasteiger partial charge in [-0.25, -0.2) is 4.39 Å². The van der Waals surface area contributed by atoms with Gasteiger partial charge < -0.3 is 19.9 Å². The van der Waals surface area contributed by atoms with Crippen LogP contribution in [0.1, 0.15) is 42.1 Å². The van der Waals surface area contributed by atoms with Crippen LogP contribution >= 0.6 is 0 Å². The average Bonchev–Trinajstić information content (AvgIpc) is 3.27. The maximum absolute atomic E-state index is 14.0. The number of ketones is 1. The van der Waals surface area contributed by atoms with Gasteiger partial charge in [0.05, 0.1) is 11.6 Å². The van der Waals surface area contributed by atoms with E-state index in [1.807, 2.05) is 0 Å². The number of fused-ring (bicyclic) bond motifs is 1. The van der Waals surface area contributed by atoms with Gasteiger partial charge in [0.1, 0.15) is 11.6 Å². The van der Waals surface area contributed by atoms with Crippen molar-refractivity contribution in [3.63, 3.8) is 0 Å². The van der Waals surface area contributed by atoms with Crippen LogP contribution in [0.4, 0.5) is 15.8 Å². The SMILES string of the molecule is Cc1ccc(N2CC(C(=O)N3CCC(C(=O)c4ccc5c(c4)NC(=O)C(C)O5)CC3)CC2=O)cc1F. The smallest absolute Gasteiger partial charge is 0.265 e. The molecule has 2 unspecified atom stereocenters. The molecule has 2 aromatic rings. The molecule has 2 saturated heterocycles. The molecular weight excluding hydrogens is 465 g/mol. The molecule has 3 amide bonds. The minimum Gasteiger partial charge on any atom is -0.479 e. The zero-order valence-electron chi connectivity index (χ0n) is 20.3. The molecule has 3 heterocycles. The van der Waals surface area contributed by atoms with Gasteiger partial charge in [-0.15, -0.1) is 0 Å². The van der Waals surface area contributed by atoms with Gasteiger partial charge in [-0.2, -0.15) is 0 Å². The number of carbonyl (C=O) groups is 4. The lowest BCUT2D eigenvalue weighted by atomic mass is 9.88. The summed E-state index contributed by atoms with van der Waals surface area (Å²) in [5.74, 6) is -1.15. The number of Topliss-reactive ketones (excluding diaryl/α,β-unsaturated/α-hetero) is 1. The first-order valence-electron chi connectivity index (χ1n) is 12.2. The molecule has 2 aromatic carbocycles. The van der Waals surface area contributed by atoms with E-state index in [4.69, 9.17) is 4.74 Å². The fourth-order valence-corrected chi connectivity index (χ4v) is 5.09. The summed E-state index contributed by atoms with van der Waals surface area (Å²) in [5.41, 5.74) is 1.95. The van der Waals surface area contributed by atoms with Gasteiger partial charge in [-0.3, -0.25) is 19.2 Å². The van der Waals surface area contributed by atoms with Crippen molar-refractivity contribution in [1.82, 2.24) is 4.90 Å². The van der Waals surface area contributed by atoms with Crippen LogP contribution in [-0.4, -0.2) is 54.1 Å². The van der Waals surface area contributed by atoms with E-state index < -0.39 is 12.0 Å². The number of ether oxygens (including phenoxy) is 1. The Kier molecular flexibility index (Phi) is 6.24. The zero-order chi connectivity index (χ0) is 25.6. The number of nitrogens with zero attached hydrogens (tertiary/aromatic N) is 2. The molecule has 0 bridgehead atoms. The minimum atomic E-state index is -0.582. The second-order valence-corrected chi connectivity index (χ2v) is 9.76. The van der Waals surface area contributed by atoms with Crippen molar-refractivity contribution in [2.75, 3.05) is 29.9 Å². The van der Waals surface area contributed by atoms with E-state index in [1.165, 1.54) is 11.0 Å². The second-order valence-electron chi connectivity index (χ2n) is 9.76. The molecule has 2 atom stereocenters. The Morgan fingerprint density at radius 1 is 1.06 bits per heavy atom. The third kappa shape index (κ3) is 4.45. The van der Waals surface area contributed by atoms with Gasteiger partial charge in [0.15, 0.2) is 11.9 Å². The number of carbonyl (C=O) groups excluding carboxylic acids is 4. The van der Waals surface area contributed by atoms with Crippen molar-refractivity contribution in [2.45, 2.75) is 39.2 Å². The van der Waals surface area contributed by atoms with Crippen molar-refractivity contribution in [3.8, 4) is 5.75 Å². The third-order valence-corrected chi connectivity index (χ3v) is 7.31. The highest BCUT2D eigenvalue weighted by Crippen LogP contribution is 2.33. The summed E-state index contributed by atoms with van der Waals surface area (Å²) in [6, 6.07) is 9.69. The highest BCUT2D eigenvalue weighted by Gasteiger charge is 2.39. The molecule has 0 saturated carbocycles. The van der Waals surface area contributed by atoms with Crippen LogP contribution in [-0.2, 0) is 14.4 Å². The number of rotatable bonds is 4. The number of halogens is 1. The first-order chi connectivity index (χ1) is 17.2. The molecule has 5 rings (SSSR count). The van der Waals surface area contributed by atoms with Gasteiger partial charge in [0.2, 0.25) is 11.8 Å². The first kappa shape index (κ1) is 24.0. The van der Waals surface area contributed by atoms with E-state index in [-0.39, 0.29) is 48.2 Å². The van der Waals surface area contributed by atoms with Crippen molar-refractivity contribution in [2.24, 2.45) is 11.8 Å². The lowest BCUT2D eigenvalue weighted by Gasteiger charge is -2.33. The number of piperidine rings is 1. The number of likely N-dealkylation sites (tertiary alicyclic amines) is 1. The molecule has 2 fully saturated rings. The van der Waals surface area contributed by atoms with Crippen molar-refractivity contribution < 1.29 is 28.3 Å². The number of nitrogens with one attached hydrogen (secondary N) is 1. The second kappa shape index (κ2) is 9.37. The summed E-state index contributed by atoms with van der Waals surface area (Å²) < 4.78 is 19.5. The van der Waals surface area contributed by atoms with Gasteiger partial charge in [0.25, 0.3) is 5.91 Å². The summed E-state index contributed by atoms with van der Waals surface area (Å²) in [6.07, 6.45) is 0.556. The van der Waals surface area contributed by atoms with E-state index in [0.717, 1.165) is 0 Å². The van der Waals surface area contributed by atoms with Crippen LogP contribution in [0, 0.1) is 24.6 Å². The lowest BCUT2D eigenvalue weighted by molar-refractivity contribution is -0.137. The van der Waals surface area contributed by atoms with Crippen LogP contribution in [0.15, 0.2) is 36.4 Å².